The van der Waals surface area contributed by atoms with E-state index in [0.29, 0.717) is 23.8 Å². The number of rotatable bonds is 9. The van der Waals surface area contributed by atoms with Gasteiger partial charge >= 0.3 is 7.12 Å². The molecule has 9 heteroatoms. The van der Waals surface area contributed by atoms with Gasteiger partial charge in [-0.05, 0) is 67.9 Å². The van der Waals surface area contributed by atoms with Crippen molar-refractivity contribution in [2.75, 3.05) is 0 Å². The van der Waals surface area contributed by atoms with Gasteiger partial charge in [0.05, 0.1) is 29.3 Å². The van der Waals surface area contributed by atoms with Gasteiger partial charge in [-0.2, -0.15) is 0 Å². The number of amides is 2. The summed E-state index contributed by atoms with van der Waals surface area (Å²) in [5.74, 6) is -0.0748. The molecule has 3 aliphatic carbocycles. The highest BCUT2D eigenvalue weighted by molar-refractivity contribution is 6.48. The van der Waals surface area contributed by atoms with E-state index in [4.69, 9.17) is 9.31 Å². The van der Waals surface area contributed by atoms with E-state index in [1.165, 1.54) is 13.1 Å². The van der Waals surface area contributed by atoms with E-state index in [9.17, 15) is 14.7 Å². The van der Waals surface area contributed by atoms with Gasteiger partial charge in [0.15, 0.2) is 0 Å². The summed E-state index contributed by atoms with van der Waals surface area (Å²) in [5, 5.41) is 16.3. The zero-order chi connectivity index (χ0) is 28.8. The highest BCUT2D eigenvalue weighted by Gasteiger charge is 2.68. The Bertz CT molecular complexity index is 1240. The lowest BCUT2D eigenvalue weighted by Crippen LogP contribution is -2.65. The second kappa shape index (κ2) is 10.9. The molecule has 0 spiro atoms. The van der Waals surface area contributed by atoms with Gasteiger partial charge in [-0.1, -0.05) is 58.0 Å². The van der Waals surface area contributed by atoms with Crippen molar-refractivity contribution in [3.05, 3.63) is 54.4 Å². The minimum Gasteiger partial charge on any atom is -0.404 e. The molecule has 2 aromatic rings. The lowest BCUT2D eigenvalue weighted by Gasteiger charge is -2.64. The molecule has 3 saturated carbocycles. The zero-order valence-electron chi connectivity index (χ0n) is 24.4. The van der Waals surface area contributed by atoms with Gasteiger partial charge in [-0.25, -0.2) is 0 Å². The first-order valence-electron chi connectivity index (χ1n) is 14.5. The summed E-state index contributed by atoms with van der Waals surface area (Å²) in [7, 11) is -0.589. The van der Waals surface area contributed by atoms with Crippen molar-refractivity contribution in [3.63, 3.8) is 0 Å². The Kier molecular flexibility index (Phi) is 7.85. The van der Waals surface area contributed by atoms with Crippen LogP contribution in [0, 0.1) is 23.2 Å². The summed E-state index contributed by atoms with van der Waals surface area (Å²) in [6, 6.07) is 10.2. The smallest absolute Gasteiger partial charge is 0.404 e. The number of nitrogens with one attached hydrogen (secondary N) is 2. The summed E-state index contributed by atoms with van der Waals surface area (Å²) >= 11 is 0. The summed E-state index contributed by atoms with van der Waals surface area (Å²) < 4.78 is 13.1. The van der Waals surface area contributed by atoms with Crippen LogP contribution in [-0.4, -0.2) is 58.8 Å². The number of carbonyl (C=O) groups is 2. The zero-order valence-corrected chi connectivity index (χ0v) is 24.4. The van der Waals surface area contributed by atoms with Crippen molar-refractivity contribution >= 4 is 18.9 Å². The quantitative estimate of drug-likeness (QED) is 0.409. The standard InChI is InChI=1S/C31H42BN3O5/c1-18(2)12-26(32-39-25-15-23-14-24(30(23,4)5)31(25,6)40-32)34-29(38)27(19(3)36)35-28(37)22-13-21(16-33-17-22)20-10-8-7-9-11-20/h7-11,13,16-19,23-27,36H,12,14-15H2,1-6H3,(H,34,38)(H,35,37)/t19-,23+,24+,25-,26+,27+,31+/m1/s1. The Hall–Kier alpha value is -2.75. The SMILES string of the molecule is CC(C)C[C@H](NC(=O)[C@@H](NC(=O)c1cncc(-c2ccccc2)c1)[C@@H](C)O)B1O[C@@H]2C[C@@H]3C[C@@H](C3(C)C)[C@]2(C)O1. The minimum atomic E-state index is -1.16. The first-order chi connectivity index (χ1) is 18.9. The molecule has 4 aliphatic rings. The van der Waals surface area contributed by atoms with Crippen LogP contribution in [0.3, 0.4) is 0 Å². The maximum absolute atomic E-state index is 13.5. The van der Waals surface area contributed by atoms with Crippen LogP contribution in [0.25, 0.3) is 11.1 Å². The van der Waals surface area contributed by atoms with Gasteiger partial charge in [0.25, 0.3) is 5.91 Å². The predicted molar refractivity (Wildman–Crippen MR) is 154 cm³/mol. The van der Waals surface area contributed by atoms with E-state index < -0.39 is 42.6 Å². The highest BCUT2D eigenvalue weighted by atomic mass is 16.7. The molecule has 2 bridgehead atoms. The van der Waals surface area contributed by atoms with E-state index in [0.717, 1.165) is 24.0 Å². The fraction of sp³-hybridized carbons (Fsp3) is 0.581. The normalized spacial score (nSPS) is 28.7. The highest BCUT2D eigenvalue weighted by Crippen LogP contribution is 2.65. The van der Waals surface area contributed by atoms with Crippen molar-refractivity contribution in [1.29, 1.82) is 0 Å². The molecule has 214 valence electrons. The average molecular weight is 548 g/mol. The molecule has 2 amide bonds. The first-order valence-corrected chi connectivity index (χ1v) is 14.5. The number of aliphatic hydroxyl groups excluding tert-OH is 1. The topological polar surface area (TPSA) is 110 Å². The maximum atomic E-state index is 13.5. The Morgan fingerprint density at radius 1 is 1.07 bits per heavy atom. The summed E-state index contributed by atoms with van der Waals surface area (Å²) in [6.45, 7) is 12.5. The van der Waals surface area contributed by atoms with Crippen LogP contribution in [0.2, 0.25) is 0 Å². The molecule has 0 unspecified atom stereocenters. The fourth-order valence-electron chi connectivity index (χ4n) is 7.07. The lowest BCUT2D eigenvalue weighted by molar-refractivity contribution is -0.199. The molecule has 4 fully saturated rings. The molecule has 8 nitrogen and oxygen atoms in total. The molecular formula is C31H42BN3O5. The van der Waals surface area contributed by atoms with Crippen molar-refractivity contribution < 1.29 is 24.0 Å². The lowest BCUT2D eigenvalue weighted by atomic mass is 9.43. The molecule has 6 rings (SSSR count). The molecular weight excluding hydrogens is 505 g/mol. The van der Waals surface area contributed by atoms with Crippen LogP contribution in [0.15, 0.2) is 48.8 Å². The largest absolute Gasteiger partial charge is 0.481 e. The third kappa shape index (κ3) is 5.31. The number of hydrogen-bond acceptors (Lipinski definition) is 6. The van der Waals surface area contributed by atoms with Crippen LogP contribution in [-0.2, 0) is 14.1 Å². The number of carbonyl (C=O) groups excluding carboxylic acids is 2. The number of hydrogen-bond donors (Lipinski definition) is 3. The van der Waals surface area contributed by atoms with E-state index in [1.807, 2.05) is 30.3 Å². The van der Waals surface area contributed by atoms with Crippen molar-refractivity contribution in [3.8, 4) is 11.1 Å². The molecule has 0 radical (unpaired) electrons. The molecule has 40 heavy (non-hydrogen) atoms. The van der Waals surface area contributed by atoms with Gasteiger partial charge < -0.3 is 25.0 Å². The molecule has 3 N–H and O–H groups in total. The maximum Gasteiger partial charge on any atom is 0.481 e. The second-order valence-electron chi connectivity index (χ2n) is 13.1. The number of aliphatic hydroxyl groups is 1. The van der Waals surface area contributed by atoms with Gasteiger partial charge in [0.2, 0.25) is 5.91 Å². The third-order valence-electron chi connectivity index (χ3n) is 9.51. The molecule has 7 atom stereocenters. The van der Waals surface area contributed by atoms with Crippen LogP contribution >= 0.6 is 0 Å². The van der Waals surface area contributed by atoms with Gasteiger partial charge in [-0.15, -0.1) is 0 Å². The van der Waals surface area contributed by atoms with E-state index >= 15 is 0 Å². The first kappa shape index (κ1) is 28.8. The van der Waals surface area contributed by atoms with Crippen molar-refractivity contribution in [1.82, 2.24) is 15.6 Å². The van der Waals surface area contributed by atoms with Gasteiger partial charge in [0, 0.05) is 18.0 Å². The van der Waals surface area contributed by atoms with Gasteiger partial charge in [0.1, 0.15) is 6.04 Å². The average Bonchev–Trinajstić information content (AvgIpc) is 3.28. The number of benzene rings is 1. The summed E-state index contributed by atoms with van der Waals surface area (Å²) in [5.41, 5.74) is 1.85. The van der Waals surface area contributed by atoms with Crippen molar-refractivity contribution in [2.45, 2.75) is 90.6 Å². The van der Waals surface area contributed by atoms with Crippen LogP contribution in [0.4, 0.5) is 0 Å². The van der Waals surface area contributed by atoms with Crippen molar-refractivity contribution in [2.24, 2.45) is 23.2 Å². The van der Waals surface area contributed by atoms with Crippen LogP contribution in [0.1, 0.15) is 71.2 Å². The Morgan fingerprint density at radius 2 is 1.80 bits per heavy atom. The third-order valence-corrected chi connectivity index (χ3v) is 9.51. The minimum absolute atomic E-state index is 0.00232. The van der Waals surface area contributed by atoms with Gasteiger partial charge in [-0.3, -0.25) is 14.6 Å². The molecule has 1 saturated heterocycles. The molecule has 1 aromatic carbocycles. The summed E-state index contributed by atoms with van der Waals surface area (Å²) in [6.07, 6.45) is 4.77. The fourth-order valence-corrected chi connectivity index (χ4v) is 7.07. The van der Waals surface area contributed by atoms with E-state index in [-0.39, 0.29) is 17.4 Å². The monoisotopic (exact) mass is 547 g/mol. The van der Waals surface area contributed by atoms with Crippen LogP contribution in [0.5, 0.6) is 0 Å². The predicted octanol–water partition coefficient (Wildman–Crippen LogP) is 4.03. The summed E-state index contributed by atoms with van der Waals surface area (Å²) in [4.78, 5) is 31.0. The van der Waals surface area contributed by atoms with Crippen LogP contribution < -0.4 is 10.6 Å². The van der Waals surface area contributed by atoms with E-state index in [1.54, 1.807) is 12.3 Å². The number of pyridine rings is 1. The Balaban J connectivity index is 1.29. The Labute approximate surface area is 237 Å². The molecule has 2 heterocycles. The number of aromatic nitrogens is 1. The Morgan fingerprint density at radius 3 is 2.45 bits per heavy atom. The molecule has 1 aromatic heterocycles. The molecule has 1 aliphatic heterocycles. The number of nitrogens with zero attached hydrogens (tertiary/aromatic N) is 1. The van der Waals surface area contributed by atoms with E-state index in [2.05, 4.69) is 50.2 Å². The second-order valence-corrected chi connectivity index (χ2v) is 13.1.